The summed E-state index contributed by atoms with van der Waals surface area (Å²) in [6, 6.07) is 3.92. The number of hydrogen-bond acceptors (Lipinski definition) is 3. The fraction of sp³-hybridized carbons (Fsp3) is 0.500. The van der Waals surface area contributed by atoms with E-state index in [4.69, 9.17) is 11.6 Å². The van der Waals surface area contributed by atoms with Crippen LogP contribution in [0.15, 0.2) is 12.1 Å². The van der Waals surface area contributed by atoms with E-state index < -0.39 is 0 Å². The second-order valence-corrected chi connectivity index (χ2v) is 5.25. The molecule has 0 aliphatic carbocycles. The largest absolute Gasteiger partial charge is 0.296 e. The minimum atomic E-state index is 0.137. The minimum absolute atomic E-state index is 0.137. The lowest BCUT2D eigenvalue weighted by Crippen LogP contribution is -2.31. The van der Waals surface area contributed by atoms with Crippen LogP contribution in [0, 0.1) is 0 Å². The number of carbonyl (C=O) groups excluding carboxylic acids is 1. The third-order valence-corrected chi connectivity index (χ3v) is 3.39. The van der Waals surface area contributed by atoms with Crippen LogP contribution in [0.5, 0.6) is 0 Å². The predicted molar refractivity (Wildman–Crippen MR) is 61.4 cm³/mol. The molecule has 0 spiro atoms. The number of Topliss-reactive ketones (excluding diaryl/α,β-unsaturated/α-hetero) is 1. The van der Waals surface area contributed by atoms with Crippen molar-refractivity contribution >= 4 is 28.7 Å². The number of hydrogen-bond donors (Lipinski definition) is 0. The third-order valence-electron chi connectivity index (χ3n) is 2.12. The van der Waals surface area contributed by atoms with Crippen molar-refractivity contribution < 1.29 is 4.79 Å². The van der Waals surface area contributed by atoms with Crippen molar-refractivity contribution in [2.24, 2.45) is 0 Å². The van der Waals surface area contributed by atoms with Gasteiger partial charge < -0.3 is 0 Å². The van der Waals surface area contributed by atoms with Crippen molar-refractivity contribution in [1.29, 1.82) is 0 Å². The summed E-state index contributed by atoms with van der Waals surface area (Å²) in [5, 5.41) is 0. The van der Waals surface area contributed by atoms with Crippen LogP contribution in [0.4, 0.5) is 0 Å². The molecule has 0 radical (unpaired) electrons. The molecule has 4 heteroatoms. The Labute approximate surface area is 93.5 Å². The van der Waals surface area contributed by atoms with Gasteiger partial charge in [0.2, 0.25) is 0 Å². The van der Waals surface area contributed by atoms with E-state index in [2.05, 4.69) is 13.8 Å². The van der Waals surface area contributed by atoms with Crippen LogP contribution >= 0.6 is 22.9 Å². The van der Waals surface area contributed by atoms with Gasteiger partial charge in [-0.2, -0.15) is 0 Å². The first-order valence-corrected chi connectivity index (χ1v) is 5.69. The minimum Gasteiger partial charge on any atom is -0.296 e. The maximum Gasteiger partial charge on any atom is 0.186 e. The highest BCUT2D eigenvalue weighted by Crippen LogP contribution is 2.21. The van der Waals surface area contributed by atoms with E-state index in [9.17, 15) is 4.79 Å². The summed E-state index contributed by atoms with van der Waals surface area (Å²) in [6.45, 7) is 4.58. The maximum atomic E-state index is 11.7. The van der Waals surface area contributed by atoms with Gasteiger partial charge in [0.15, 0.2) is 5.78 Å². The van der Waals surface area contributed by atoms with Gasteiger partial charge in [0, 0.05) is 6.04 Å². The number of halogens is 1. The molecule has 0 bridgehead atoms. The third kappa shape index (κ3) is 3.08. The highest BCUT2D eigenvalue weighted by molar-refractivity contribution is 7.18. The molecule has 0 fully saturated rings. The number of carbonyl (C=O) groups is 1. The Balaban J connectivity index is 2.59. The van der Waals surface area contributed by atoms with Gasteiger partial charge in [-0.15, -0.1) is 11.3 Å². The lowest BCUT2D eigenvalue weighted by molar-refractivity contribution is 0.0933. The van der Waals surface area contributed by atoms with Crippen molar-refractivity contribution in [3.8, 4) is 0 Å². The standard InChI is InChI=1S/C10H14ClNOS/c1-7(2)12(3)6-8(13)9-4-5-10(11)14-9/h4-5,7H,6H2,1-3H3. The Kier molecular flexibility index (Phi) is 4.11. The quantitative estimate of drug-likeness (QED) is 0.743. The van der Waals surface area contributed by atoms with Crippen LogP contribution in [-0.2, 0) is 0 Å². The highest BCUT2D eigenvalue weighted by Gasteiger charge is 2.12. The zero-order chi connectivity index (χ0) is 10.7. The maximum absolute atomic E-state index is 11.7. The first-order chi connectivity index (χ1) is 6.50. The number of likely N-dealkylation sites (N-methyl/N-ethyl adjacent to an activating group) is 1. The van der Waals surface area contributed by atoms with Gasteiger partial charge in [-0.3, -0.25) is 9.69 Å². The van der Waals surface area contributed by atoms with Crippen molar-refractivity contribution in [3.63, 3.8) is 0 Å². The average molecular weight is 232 g/mol. The molecule has 1 rings (SSSR count). The topological polar surface area (TPSA) is 20.3 Å². The second kappa shape index (κ2) is 4.91. The highest BCUT2D eigenvalue weighted by atomic mass is 35.5. The van der Waals surface area contributed by atoms with Crippen LogP contribution in [0.25, 0.3) is 0 Å². The molecule has 1 aromatic heterocycles. The zero-order valence-electron chi connectivity index (χ0n) is 8.58. The summed E-state index contributed by atoms with van der Waals surface area (Å²) in [7, 11) is 1.94. The van der Waals surface area contributed by atoms with Gasteiger partial charge in [-0.05, 0) is 33.0 Å². The average Bonchev–Trinajstić information content (AvgIpc) is 2.51. The first-order valence-electron chi connectivity index (χ1n) is 4.49. The normalized spacial score (nSPS) is 11.3. The Morgan fingerprint density at radius 2 is 2.21 bits per heavy atom. The van der Waals surface area contributed by atoms with E-state index in [1.54, 1.807) is 12.1 Å². The number of thiophene rings is 1. The molecule has 0 atom stereocenters. The lowest BCUT2D eigenvalue weighted by atomic mass is 10.2. The van der Waals surface area contributed by atoms with Gasteiger partial charge in [0.1, 0.15) is 0 Å². The SMILES string of the molecule is CC(C)N(C)CC(=O)c1ccc(Cl)s1. The molecule has 0 saturated heterocycles. The van der Waals surface area contributed by atoms with E-state index in [0.717, 1.165) is 4.88 Å². The molecule has 14 heavy (non-hydrogen) atoms. The molecule has 1 aromatic rings. The molecule has 78 valence electrons. The Hall–Kier alpha value is -0.380. The molecule has 0 unspecified atom stereocenters. The van der Waals surface area contributed by atoms with Crippen LogP contribution in [-0.4, -0.2) is 30.3 Å². The summed E-state index contributed by atoms with van der Waals surface area (Å²) in [5.41, 5.74) is 0. The zero-order valence-corrected chi connectivity index (χ0v) is 10.2. The molecule has 0 aliphatic heterocycles. The summed E-state index contributed by atoms with van der Waals surface area (Å²) in [4.78, 5) is 14.4. The van der Waals surface area contributed by atoms with Gasteiger partial charge in [0.25, 0.3) is 0 Å². The van der Waals surface area contributed by atoms with Crippen molar-refractivity contribution in [2.45, 2.75) is 19.9 Å². The number of ketones is 1. The van der Waals surface area contributed by atoms with E-state index in [-0.39, 0.29) is 5.78 Å². The fourth-order valence-corrected chi connectivity index (χ4v) is 1.92. The molecule has 2 nitrogen and oxygen atoms in total. The van der Waals surface area contributed by atoms with Crippen molar-refractivity contribution in [3.05, 3.63) is 21.3 Å². The lowest BCUT2D eigenvalue weighted by Gasteiger charge is -2.19. The Bertz CT molecular complexity index is 322. The van der Waals surface area contributed by atoms with Crippen LogP contribution in [0.1, 0.15) is 23.5 Å². The molecule has 1 heterocycles. The molecule has 0 saturated carbocycles. The fourth-order valence-electron chi connectivity index (χ4n) is 0.951. The number of nitrogens with zero attached hydrogens (tertiary/aromatic N) is 1. The second-order valence-electron chi connectivity index (χ2n) is 3.54. The molecule has 0 aromatic carbocycles. The molecule has 0 N–H and O–H groups in total. The smallest absolute Gasteiger partial charge is 0.186 e. The summed E-state index contributed by atoms with van der Waals surface area (Å²) < 4.78 is 0.667. The van der Waals surface area contributed by atoms with E-state index >= 15 is 0 Å². The van der Waals surface area contributed by atoms with Crippen molar-refractivity contribution in [2.75, 3.05) is 13.6 Å². The summed E-state index contributed by atoms with van der Waals surface area (Å²) in [5.74, 6) is 0.137. The van der Waals surface area contributed by atoms with Crippen LogP contribution in [0.3, 0.4) is 0 Å². The first kappa shape index (κ1) is 11.7. The molecular formula is C10H14ClNOS. The summed E-state index contributed by atoms with van der Waals surface area (Å²) >= 11 is 7.10. The molecular weight excluding hydrogens is 218 g/mol. The Morgan fingerprint density at radius 1 is 1.57 bits per heavy atom. The summed E-state index contributed by atoms with van der Waals surface area (Å²) in [6.07, 6.45) is 0. The van der Waals surface area contributed by atoms with E-state index in [0.29, 0.717) is 16.9 Å². The number of rotatable bonds is 4. The van der Waals surface area contributed by atoms with Gasteiger partial charge in [-0.1, -0.05) is 11.6 Å². The molecule has 0 amide bonds. The Morgan fingerprint density at radius 3 is 2.64 bits per heavy atom. The van der Waals surface area contributed by atoms with Crippen molar-refractivity contribution in [1.82, 2.24) is 4.90 Å². The monoisotopic (exact) mass is 231 g/mol. The predicted octanol–water partition coefficient (Wildman–Crippen LogP) is 2.92. The van der Waals surface area contributed by atoms with Gasteiger partial charge >= 0.3 is 0 Å². The van der Waals surface area contributed by atoms with Crippen LogP contribution in [0.2, 0.25) is 4.34 Å². The van der Waals surface area contributed by atoms with Gasteiger partial charge in [-0.25, -0.2) is 0 Å². The van der Waals surface area contributed by atoms with E-state index in [1.807, 2.05) is 11.9 Å². The van der Waals surface area contributed by atoms with E-state index in [1.165, 1.54) is 11.3 Å². The van der Waals surface area contributed by atoms with Gasteiger partial charge in [0.05, 0.1) is 15.8 Å². The molecule has 0 aliphatic rings. The van der Waals surface area contributed by atoms with Crippen LogP contribution < -0.4 is 0 Å².